The van der Waals surface area contributed by atoms with Gasteiger partial charge in [-0.25, -0.2) is 0 Å². The average Bonchev–Trinajstić information content (AvgIpc) is 2.40. The molecule has 0 atom stereocenters. The first-order valence-corrected chi connectivity index (χ1v) is 7.08. The maximum atomic E-state index is 10.8. The van der Waals surface area contributed by atoms with Gasteiger partial charge in [-0.3, -0.25) is 4.79 Å². The molecule has 1 aromatic rings. The van der Waals surface area contributed by atoms with Crippen molar-refractivity contribution in [3.8, 4) is 6.07 Å². The van der Waals surface area contributed by atoms with Gasteiger partial charge in [0.25, 0.3) is 0 Å². The van der Waals surface area contributed by atoms with Crippen LogP contribution in [0.15, 0.2) is 12.1 Å². The fourth-order valence-corrected chi connectivity index (χ4v) is 2.42. The van der Waals surface area contributed by atoms with Gasteiger partial charge in [-0.2, -0.15) is 5.26 Å². The molecule has 1 aliphatic rings. The van der Waals surface area contributed by atoms with Crippen LogP contribution in [0.3, 0.4) is 0 Å². The van der Waals surface area contributed by atoms with Gasteiger partial charge in [-0.15, -0.1) is 0 Å². The molecule has 0 heterocycles. The lowest BCUT2D eigenvalue weighted by Gasteiger charge is -2.14. The standard InChI is InChI=1S/C8H4Cl2N2O.C6H12O/c9-6-2-7(10)5(8(12)13)1-4(6)3-11;7-6-4-2-1-3-5-6/h1-2H,(H2,12,13);6-7H,1-5H2. The predicted molar refractivity (Wildman–Crippen MR) is 78.8 cm³/mol. The summed E-state index contributed by atoms with van der Waals surface area (Å²) in [4.78, 5) is 10.8. The molecule has 3 N–H and O–H groups in total. The zero-order valence-electron chi connectivity index (χ0n) is 10.9. The molecule has 1 fully saturated rings. The van der Waals surface area contributed by atoms with E-state index in [2.05, 4.69) is 0 Å². The van der Waals surface area contributed by atoms with E-state index in [4.69, 9.17) is 39.3 Å². The summed E-state index contributed by atoms with van der Waals surface area (Å²) in [6, 6.07) is 4.41. The van der Waals surface area contributed by atoms with Crippen molar-refractivity contribution in [2.75, 3.05) is 0 Å². The zero-order valence-corrected chi connectivity index (χ0v) is 12.4. The number of carbonyl (C=O) groups excluding carboxylic acids is 1. The van der Waals surface area contributed by atoms with Gasteiger partial charge in [0.15, 0.2) is 0 Å². The largest absolute Gasteiger partial charge is 0.393 e. The van der Waals surface area contributed by atoms with Crippen LogP contribution in [0.4, 0.5) is 0 Å². The first kappa shape index (κ1) is 16.8. The van der Waals surface area contributed by atoms with E-state index in [-0.39, 0.29) is 27.3 Å². The van der Waals surface area contributed by atoms with Gasteiger partial charge < -0.3 is 10.8 Å². The van der Waals surface area contributed by atoms with Gasteiger partial charge in [0.1, 0.15) is 6.07 Å². The van der Waals surface area contributed by atoms with E-state index in [1.165, 1.54) is 31.4 Å². The fraction of sp³-hybridized carbons (Fsp3) is 0.429. The number of nitrogens with zero attached hydrogens (tertiary/aromatic N) is 1. The van der Waals surface area contributed by atoms with Crippen LogP contribution in [-0.4, -0.2) is 17.1 Å². The van der Waals surface area contributed by atoms with Crippen molar-refractivity contribution in [1.29, 1.82) is 5.26 Å². The van der Waals surface area contributed by atoms with Crippen LogP contribution in [0, 0.1) is 11.3 Å². The number of aliphatic hydroxyl groups excluding tert-OH is 1. The van der Waals surface area contributed by atoms with Gasteiger partial charge >= 0.3 is 0 Å². The number of nitriles is 1. The first-order chi connectivity index (χ1) is 9.45. The number of nitrogens with two attached hydrogens (primary N) is 1. The number of amides is 1. The first-order valence-electron chi connectivity index (χ1n) is 6.32. The Morgan fingerprint density at radius 3 is 2.25 bits per heavy atom. The summed E-state index contributed by atoms with van der Waals surface area (Å²) in [6.07, 6.45) is 5.92. The minimum Gasteiger partial charge on any atom is -0.393 e. The molecule has 6 heteroatoms. The van der Waals surface area contributed by atoms with Crippen molar-refractivity contribution in [3.05, 3.63) is 33.3 Å². The topological polar surface area (TPSA) is 87.1 Å². The van der Waals surface area contributed by atoms with Crippen LogP contribution in [0.1, 0.15) is 48.0 Å². The molecule has 20 heavy (non-hydrogen) atoms. The molecule has 1 aliphatic carbocycles. The van der Waals surface area contributed by atoms with Crippen molar-refractivity contribution in [1.82, 2.24) is 0 Å². The van der Waals surface area contributed by atoms with E-state index in [1.54, 1.807) is 0 Å². The molecule has 108 valence electrons. The summed E-state index contributed by atoms with van der Waals surface area (Å²) in [5, 5.41) is 17.9. The summed E-state index contributed by atoms with van der Waals surface area (Å²) >= 11 is 11.3. The van der Waals surface area contributed by atoms with Crippen molar-refractivity contribution < 1.29 is 9.90 Å². The summed E-state index contributed by atoms with van der Waals surface area (Å²) in [5.41, 5.74) is 5.29. The Morgan fingerprint density at radius 2 is 1.85 bits per heavy atom. The maximum absolute atomic E-state index is 10.8. The highest BCUT2D eigenvalue weighted by atomic mass is 35.5. The number of benzene rings is 1. The number of aliphatic hydroxyl groups is 1. The SMILES string of the molecule is N#Cc1cc(C(N)=O)c(Cl)cc1Cl.OC1CCCCC1. The second-order valence-corrected chi connectivity index (χ2v) is 5.39. The van der Waals surface area contributed by atoms with Crippen molar-refractivity contribution >= 4 is 29.1 Å². The van der Waals surface area contributed by atoms with Crippen molar-refractivity contribution in [2.24, 2.45) is 5.73 Å². The average molecular weight is 315 g/mol. The molecule has 0 bridgehead atoms. The monoisotopic (exact) mass is 314 g/mol. The third kappa shape index (κ3) is 5.01. The number of halogens is 2. The second kappa shape index (κ2) is 8.11. The second-order valence-electron chi connectivity index (χ2n) is 4.58. The molecule has 0 spiro atoms. The molecule has 2 rings (SSSR count). The Morgan fingerprint density at radius 1 is 1.25 bits per heavy atom. The van der Waals surface area contributed by atoms with E-state index >= 15 is 0 Å². The highest BCUT2D eigenvalue weighted by Crippen LogP contribution is 2.24. The molecule has 1 aromatic carbocycles. The van der Waals surface area contributed by atoms with Crippen molar-refractivity contribution in [3.63, 3.8) is 0 Å². The fourth-order valence-electron chi connectivity index (χ4n) is 1.90. The van der Waals surface area contributed by atoms with Gasteiger partial charge in [-0.1, -0.05) is 42.5 Å². The third-order valence-electron chi connectivity index (χ3n) is 3.02. The van der Waals surface area contributed by atoms with Crippen LogP contribution < -0.4 is 5.73 Å². The molecular formula is C14H16Cl2N2O2. The summed E-state index contributed by atoms with van der Waals surface area (Å²) in [6.45, 7) is 0. The molecule has 4 nitrogen and oxygen atoms in total. The molecule has 0 aliphatic heterocycles. The highest BCUT2D eigenvalue weighted by Gasteiger charge is 2.10. The van der Waals surface area contributed by atoms with Gasteiger partial charge in [0, 0.05) is 0 Å². The zero-order chi connectivity index (χ0) is 15.1. The number of hydrogen-bond donors (Lipinski definition) is 2. The quantitative estimate of drug-likeness (QED) is 0.833. The number of rotatable bonds is 1. The molecule has 0 saturated heterocycles. The smallest absolute Gasteiger partial charge is 0.250 e. The van der Waals surface area contributed by atoms with Gasteiger partial charge in [-0.05, 0) is 25.0 Å². The van der Waals surface area contributed by atoms with Crippen molar-refractivity contribution in [2.45, 2.75) is 38.2 Å². The third-order valence-corrected chi connectivity index (χ3v) is 3.64. The van der Waals surface area contributed by atoms with E-state index in [1.807, 2.05) is 6.07 Å². The minimum atomic E-state index is -0.682. The molecule has 0 unspecified atom stereocenters. The van der Waals surface area contributed by atoms with Crippen LogP contribution in [0.2, 0.25) is 10.0 Å². The van der Waals surface area contributed by atoms with E-state index in [0.29, 0.717) is 0 Å². The summed E-state index contributed by atoms with van der Waals surface area (Å²) in [7, 11) is 0. The Hall–Kier alpha value is -1.28. The number of carbonyl (C=O) groups is 1. The summed E-state index contributed by atoms with van der Waals surface area (Å²) < 4.78 is 0. The van der Waals surface area contributed by atoms with Gasteiger partial charge in [0.05, 0.1) is 27.3 Å². The Kier molecular flexibility index (Phi) is 6.80. The van der Waals surface area contributed by atoms with Crippen LogP contribution in [-0.2, 0) is 0 Å². The highest BCUT2D eigenvalue weighted by molar-refractivity contribution is 6.37. The number of primary amides is 1. The lowest BCUT2D eigenvalue weighted by atomic mass is 9.98. The maximum Gasteiger partial charge on any atom is 0.250 e. The van der Waals surface area contributed by atoms with Crippen LogP contribution in [0.25, 0.3) is 0 Å². The molecule has 1 saturated carbocycles. The van der Waals surface area contributed by atoms with E-state index in [0.717, 1.165) is 12.8 Å². The Bertz CT molecular complexity index is 521. The van der Waals surface area contributed by atoms with Crippen LogP contribution >= 0.6 is 23.2 Å². The molecule has 0 radical (unpaired) electrons. The predicted octanol–water partition coefficient (Wildman–Crippen LogP) is 3.28. The Labute approximate surface area is 128 Å². The molecular weight excluding hydrogens is 299 g/mol. The van der Waals surface area contributed by atoms with E-state index in [9.17, 15) is 4.79 Å². The van der Waals surface area contributed by atoms with E-state index < -0.39 is 5.91 Å². The minimum absolute atomic E-state index is 0.0359. The normalized spacial score (nSPS) is 14.9. The summed E-state index contributed by atoms with van der Waals surface area (Å²) in [5.74, 6) is -0.682. The lowest BCUT2D eigenvalue weighted by Crippen LogP contribution is -2.11. The van der Waals surface area contributed by atoms with Gasteiger partial charge in [0.2, 0.25) is 5.91 Å². The lowest BCUT2D eigenvalue weighted by molar-refractivity contribution is 0.100. The molecule has 1 amide bonds. The Balaban J connectivity index is 0.000000240. The molecule has 0 aromatic heterocycles. The number of hydrogen-bond acceptors (Lipinski definition) is 3. The van der Waals surface area contributed by atoms with Crippen LogP contribution in [0.5, 0.6) is 0 Å².